The zero-order valence-electron chi connectivity index (χ0n) is 22.2. The molecule has 15 heteroatoms. The molecule has 0 bridgehead atoms. The Hall–Kier alpha value is -2.87. The average molecular weight is 586 g/mol. The number of alkyl halides is 1. The smallest absolute Gasteiger partial charge is 0.461 e. The van der Waals surface area contributed by atoms with Gasteiger partial charge in [0, 0.05) is 6.07 Å². The van der Waals surface area contributed by atoms with E-state index < -0.39 is 55.8 Å². The van der Waals surface area contributed by atoms with Gasteiger partial charge < -0.3 is 25.2 Å². The molecular formula is C25H35FN4O9P+. The van der Waals surface area contributed by atoms with E-state index in [4.69, 9.17) is 24.3 Å². The van der Waals surface area contributed by atoms with Crippen molar-refractivity contribution in [3.05, 3.63) is 53.1 Å². The average Bonchev–Trinajstić information content (AvgIpc) is 3.09. The van der Waals surface area contributed by atoms with Crippen LogP contribution in [0.3, 0.4) is 0 Å². The number of aliphatic hydroxyl groups is 2. The molecule has 2 heterocycles. The Bertz CT molecular complexity index is 1290. The lowest BCUT2D eigenvalue weighted by Crippen LogP contribution is -2.61. The molecule has 1 aliphatic heterocycles. The number of nitrogens with two attached hydrogens (primary N) is 1. The third-order valence-electron chi connectivity index (χ3n) is 6.86. The van der Waals surface area contributed by atoms with Crippen LogP contribution >= 0.6 is 7.75 Å². The van der Waals surface area contributed by atoms with Gasteiger partial charge in [-0.1, -0.05) is 24.6 Å². The van der Waals surface area contributed by atoms with Crippen molar-refractivity contribution >= 4 is 19.5 Å². The molecule has 0 amide bonds. The predicted octanol–water partition coefficient (Wildman–Crippen LogP) is 1.61. The second-order valence-corrected chi connectivity index (χ2v) is 11.9. The molecule has 13 nitrogen and oxygen atoms in total. The van der Waals surface area contributed by atoms with Crippen molar-refractivity contribution in [3.8, 4) is 5.75 Å². The van der Waals surface area contributed by atoms with Crippen LogP contribution in [0.1, 0.15) is 52.2 Å². The highest BCUT2D eigenvalue weighted by Gasteiger charge is 2.65. The second kappa shape index (κ2) is 11.9. The summed E-state index contributed by atoms with van der Waals surface area (Å²) in [7, 11) is -4.53. The van der Waals surface area contributed by atoms with Gasteiger partial charge in [-0.3, -0.25) is 14.1 Å². The number of benzene rings is 1. The van der Waals surface area contributed by atoms with E-state index >= 15 is 4.39 Å². The van der Waals surface area contributed by atoms with Gasteiger partial charge >= 0.3 is 19.4 Å². The van der Waals surface area contributed by atoms with Crippen LogP contribution in [0.5, 0.6) is 5.75 Å². The van der Waals surface area contributed by atoms with Crippen LogP contribution in [-0.2, 0) is 23.4 Å². The molecule has 2 aromatic rings. The van der Waals surface area contributed by atoms with Crippen molar-refractivity contribution in [2.24, 2.45) is 0 Å². The molecule has 0 spiro atoms. The first-order valence-corrected chi connectivity index (χ1v) is 14.5. The summed E-state index contributed by atoms with van der Waals surface area (Å²) in [6.45, 7) is 1.25. The summed E-state index contributed by atoms with van der Waals surface area (Å²) in [5.41, 5.74) is 2.37. The normalized spacial score (nSPS) is 29.4. The van der Waals surface area contributed by atoms with Crippen molar-refractivity contribution in [2.75, 3.05) is 12.3 Å². The van der Waals surface area contributed by atoms with Gasteiger partial charge in [-0.05, 0) is 51.7 Å². The number of H-pyrrole nitrogens is 1. The first-order valence-electron chi connectivity index (χ1n) is 13.0. The lowest BCUT2D eigenvalue weighted by molar-refractivity contribution is -0.788. The Morgan fingerprint density at radius 1 is 1.30 bits per heavy atom. The summed E-state index contributed by atoms with van der Waals surface area (Å²) in [5.74, 6) is -3.75. The number of rotatable bonds is 10. The summed E-state index contributed by atoms with van der Waals surface area (Å²) >= 11 is 0. The summed E-state index contributed by atoms with van der Waals surface area (Å²) < 4.78 is 52.3. The van der Waals surface area contributed by atoms with E-state index in [9.17, 15) is 24.4 Å². The molecule has 1 aliphatic carbocycles. The molecule has 1 saturated heterocycles. The molecule has 6 unspecified atom stereocenters. The summed E-state index contributed by atoms with van der Waals surface area (Å²) in [4.78, 5) is 27.4. The van der Waals surface area contributed by atoms with Crippen LogP contribution in [0.2, 0.25) is 0 Å². The van der Waals surface area contributed by atoms with Gasteiger partial charge in [-0.15, -0.1) is 0 Å². The third-order valence-corrected chi connectivity index (χ3v) is 8.49. The standard InChI is InChI=1S/C25H34FN4O9P/c1-16(20(31)37-17-9-5-3-6-10-17)29-40(35,39-18-11-7-4-8-12-18)36-15-25(26)21(32)24(2,34)22(38-25)30-14-13-19(27)28-23(30)33/h4,7-8,11-14,16-17,21-22,32,34H,3,5-6,9-10,15H2,1-2H3,(H3,27,28,29,33,35)/p+1. The van der Waals surface area contributed by atoms with Crippen molar-refractivity contribution in [2.45, 2.75) is 81.9 Å². The lowest BCUT2D eigenvalue weighted by atomic mass is 9.95. The SMILES string of the molecule is CC(NP(=O)(OCC1(F)OC([n+]2ccc(N)[nH]c2=O)C(C)(O)C1O)Oc1ccccc1)C(=O)OC1CCCCC1. The van der Waals surface area contributed by atoms with Crippen LogP contribution in [0, 0.1) is 0 Å². The number of anilines is 1. The molecule has 4 rings (SSSR count). The minimum absolute atomic E-state index is 0.00971. The minimum atomic E-state index is -4.53. The molecule has 6 N–H and O–H groups in total. The van der Waals surface area contributed by atoms with Gasteiger partial charge in [0.05, 0.1) is 0 Å². The number of carbonyl (C=O) groups excluding carboxylic acids is 1. The monoisotopic (exact) mass is 585 g/mol. The minimum Gasteiger partial charge on any atom is -0.461 e. The predicted molar refractivity (Wildman–Crippen MR) is 138 cm³/mol. The van der Waals surface area contributed by atoms with Crippen LogP contribution < -0.4 is 25.6 Å². The molecule has 1 aromatic carbocycles. The topological polar surface area (TPSA) is 186 Å². The number of aliphatic hydroxyl groups excluding tert-OH is 1. The van der Waals surface area contributed by atoms with Crippen LogP contribution in [0.4, 0.5) is 10.2 Å². The number of nitrogen functional groups attached to an aromatic ring is 1. The first-order chi connectivity index (χ1) is 18.8. The van der Waals surface area contributed by atoms with Gasteiger partial charge in [0.15, 0.2) is 17.5 Å². The zero-order chi connectivity index (χ0) is 29.1. The Labute approximate surface area is 230 Å². The number of aromatic nitrogens is 2. The van der Waals surface area contributed by atoms with E-state index in [1.165, 1.54) is 25.1 Å². The molecule has 40 heavy (non-hydrogen) atoms. The number of halogens is 1. The Morgan fingerprint density at radius 2 is 1.98 bits per heavy atom. The van der Waals surface area contributed by atoms with E-state index in [2.05, 4.69) is 10.1 Å². The van der Waals surface area contributed by atoms with Gasteiger partial charge in [0.1, 0.15) is 30.7 Å². The number of esters is 1. The molecule has 0 radical (unpaired) electrons. The highest BCUT2D eigenvalue weighted by Crippen LogP contribution is 2.49. The quantitative estimate of drug-likeness (QED) is 0.155. The summed E-state index contributed by atoms with van der Waals surface area (Å²) in [6.07, 6.45) is 1.30. The van der Waals surface area contributed by atoms with E-state index in [1.54, 1.807) is 18.2 Å². The molecule has 2 aliphatic rings. The molecule has 1 saturated carbocycles. The fourth-order valence-corrected chi connectivity index (χ4v) is 6.16. The van der Waals surface area contributed by atoms with Crippen molar-refractivity contribution in [1.82, 2.24) is 10.1 Å². The number of nitrogens with zero attached hydrogens (tertiary/aromatic N) is 1. The van der Waals surface area contributed by atoms with Gasteiger partial charge in [-0.2, -0.15) is 19.4 Å². The number of aromatic amines is 1. The third kappa shape index (κ3) is 6.70. The Balaban J connectivity index is 1.52. The Morgan fingerprint density at radius 3 is 2.62 bits per heavy atom. The maximum absolute atomic E-state index is 16.0. The van der Waals surface area contributed by atoms with Crippen molar-refractivity contribution in [3.63, 3.8) is 0 Å². The molecule has 220 valence electrons. The zero-order valence-corrected chi connectivity index (χ0v) is 23.1. The second-order valence-electron chi connectivity index (χ2n) is 10.2. The number of hydrogen-bond donors (Lipinski definition) is 5. The van der Waals surface area contributed by atoms with E-state index in [0.29, 0.717) is 0 Å². The Kier molecular flexibility index (Phi) is 8.98. The summed E-state index contributed by atoms with van der Waals surface area (Å²) in [6, 6.07) is 7.94. The molecular weight excluding hydrogens is 550 g/mol. The molecule has 2 fully saturated rings. The summed E-state index contributed by atoms with van der Waals surface area (Å²) in [5, 5.41) is 24.0. The fraction of sp³-hybridized carbons (Fsp3) is 0.560. The molecule has 6 atom stereocenters. The highest BCUT2D eigenvalue weighted by molar-refractivity contribution is 7.52. The highest BCUT2D eigenvalue weighted by atomic mass is 31.2. The van der Waals surface area contributed by atoms with E-state index in [1.807, 2.05) is 0 Å². The van der Waals surface area contributed by atoms with Crippen LogP contribution in [0.15, 0.2) is 47.4 Å². The van der Waals surface area contributed by atoms with Gasteiger partial charge in [0.2, 0.25) is 6.23 Å². The largest absolute Gasteiger partial charge is 0.499 e. The number of carbonyl (C=O) groups is 1. The van der Waals surface area contributed by atoms with Gasteiger partial charge in [-0.25, -0.2) is 8.96 Å². The molecule has 1 aromatic heterocycles. The maximum atomic E-state index is 16.0. The van der Waals surface area contributed by atoms with Crippen molar-refractivity contribution in [1.29, 1.82) is 0 Å². The number of para-hydroxylation sites is 1. The van der Waals surface area contributed by atoms with Crippen LogP contribution in [-0.4, -0.2) is 57.5 Å². The number of hydrogen-bond acceptors (Lipinski definition) is 10. The number of ether oxygens (including phenoxy) is 2. The van der Waals surface area contributed by atoms with Crippen molar-refractivity contribution < 1.29 is 47.1 Å². The van der Waals surface area contributed by atoms with Gasteiger partial charge in [0.25, 0.3) is 5.85 Å². The number of nitrogens with one attached hydrogen (secondary N) is 2. The van der Waals surface area contributed by atoms with Crippen LogP contribution in [0.25, 0.3) is 0 Å². The van der Waals surface area contributed by atoms with E-state index in [0.717, 1.165) is 49.8 Å². The lowest BCUT2D eigenvalue weighted by Gasteiger charge is -2.29. The van der Waals surface area contributed by atoms with E-state index in [-0.39, 0.29) is 17.7 Å². The fourth-order valence-electron chi connectivity index (χ4n) is 4.66. The maximum Gasteiger partial charge on any atom is 0.499 e. The first kappa shape index (κ1) is 30.1.